The number of imidazole rings is 1. The second-order valence-corrected chi connectivity index (χ2v) is 5.73. The minimum absolute atomic E-state index is 0.279. The van der Waals surface area contributed by atoms with Crippen molar-refractivity contribution >= 4 is 23.0 Å². The van der Waals surface area contributed by atoms with Crippen molar-refractivity contribution in [2.24, 2.45) is 0 Å². The standard InChI is InChI=1S/C18H18N4O2/c1-3-24-17(23)15-11(2)20-18-21-13-6-4-5-7-14(13)22(18)16(15)12-8-9-19-10-12/h4-10,16,19H,3H2,1-2H3,(H,20,21). The number of carbonyl (C=O) groups is 1. The molecule has 0 saturated carbocycles. The molecule has 3 aromatic rings. The van der Waals surface area contributed by atoms with Crippen molar-refractivity contribution < 1.29 is 9.53 Å². The highest BCUT2D eigenvalue weighted by atomic mass is 16.5. The topological polar surface area (TPSA) is 71.9 Å². The summed E-state index contributed by atoms with van der Waals surface area (Å²) in [4.78, 5) is 20.4. The molecule has 0 amide bonds. The van der Waals surface area contributed by atoms with Crippen LogP contribution in [-0.2, 0) is 9.53 Å². The normalized spacial score (nSPS) is 16.8. The van der Waals surface area contributed by atoms with Crippen LogP contribution in [-0.4, -0.2) is 27.1 Å². The first-order chi connectivity index (χ1) is 11.7. The van der Waals surface area contributed by atoms with Crippen LogP contribution in [0.2, 0.25) is 0 Å². The maximum atomic E-state index is 12.6. The van der Waals surface area contributed by atoms with Crippen LogP contribution in [0.4, 0.5) is 5.95 Å². The number of nitrogens with zero attached hydrogens (tertiary/aromatic N) is 2. The van der Waals surface area contributed by atoms with Gasteiger partial charge in [0.05, 0.1) is 29.3 Å². The van der Waals surface area contributed by atoms with Gasteiger partial charge in [-0.15, -0.1) is 0 Å². The molecular weight excluding hydrogens is 304 g/mol. The molecule has 4 rings (SSSR count). The monoisotopic (exact) mass is 322 g/mol. The predicted molar refractivity (Wildman–Crippen MR) is 91.6 cm³/mol. The third-order valence-corrected chi connectivity index (χ3v) is 4.26. The van der Waals surface area contributed by atoms with Crippen molar-refractivity contribution in [1.29, 1.82) is 0 Å². The molecule has 0 fully saturated rings. The van der Waals surface area contributed by atoms with Gasteiger partial charge in [-0.3, -0.25) is 4.57 Å². The van der Waals surface area contributed by atoms with E-state index in [9.17, 15) is 4.79 Å². The maximum Gasteiger partial charge on any atom is 0.338 e. The summed E-state index contributed by atoms with van der Waals surface area (Å²) in [5, 5.41) is 3.25. The lowest BCUT2D eigenvalue weighted by atomic mass is 9.97. The number of allylic oxidation sites excluding steroid dienone is 1. The lowest BCUT2D eigenvalue weighted by molar-refractivity contribution is -0.139. The second kappa shape index (κ2) is 5.56. The van der Waals surface area contributed by atoms with Crippen molar-refractivity contribution in [3.8, 4) is 0 Å². The van der Waals surface area contributed by atoms with Crippen molar-refractivity contribution in [1.82, 2.24) is 14.5 Å². The Balaban J connectivity index is 1.97. The first-order valence-corrected chi connectivity index (χ1v) is 7.95. The van der Waals surface area contributed by atoms with Gasteiger partial charge < -0.3 is 15.0 Å². The Morgan fingerprint density at radius 3 is 2.92 bits per heavy atom. The van der Waals surface area contributed by atoms with Crippen LogP contribution >= 0.6 is 0 Å². The number of H-pyrrole nitrogens is 1. The molecule has 3 heterocycles. The van der Waals surface area contributed by atoms with E-state index in [-0.39, 0.29) is 12.0 Å². The highest BCUT2D eigenvalue weighted by molar-refractivity contribution is 5.94. The molecule has 122 valence electrons. The van der Waals surface area contributed by atoms with Gasteiger partial charge in [0.2, 0.25) is 5.95 Å². The van der Waals surface area contributed by atoms with Crippen LogP contribution in [0.1, 0.15) is 25.5 Å². The van der Waals surface area contributed by atoms with Gasteiger partial charge >= 0.3 is 5.97 Å². The number of rotatable bonds is 3. The Labute approximate surface area is 139 Å². The van der Waals surface area contributed by atoms with E-state index in [0.717, 1.165) is 28.2 Å². The summed E-state index contributed by atoms with van der Waals surface area (Å²) in [5.41, 5.74) is 4.22. The lowest BCUT2D eigenvalue weighted by Gasteiger charge is -2.29. The molecule has 0 aliphatic carbocycles. The Bertz CT molecular complexity index is 937. The van der Waals surface area contributed by atoms with Crippen LogP contribution in [0, 0.1) is 0 Å². The minimum Gasteiger partial charge on any atom is -0.463 e. The number of anilines is 1. The fourth-order valence-electron chi connectivity index (χ4n) is 3.26. The highest BCUT2D eigenvalue weighted by Crippen LogP contribution is 2.39. The van der Waals surface area contributed by atoms with Crippen molar-refractivity contribution in [2.75, 3.05) is 11.9 Å². The van der Waals surface area contributed by atoms with E-state index in [2.05, 4.69) is 19.9 Å². The molecule has 2 aromatic heterocycles. The lowest BCUT2D eigenvalue weighted by Crippen LogP contribution is -2.28. The molecular formula is C18H18N4O2. The van der Waals surface area contributed by atoms with E-state index >= 15 is 0 Å². The van der Waals surface area contributed by atoms with E-state index in [1.807, 2.05) is 56.6 Å². The summed E-state index contributed by atoms with van der Waals surface area (Å²) in [5.74, 6) is 0.421. The first kappa shape index (κ1) is 14.6. The third kappa shape index (κ3) is 2.11. The number of carbonyl (C=O) groups excluding carboxylic acids is 1. The Kier molecular flexibility index (Phi) is 3.37. The van der Waals surface area contributed by atoms with Crippen LogP contribution < -0.4 is 5.32 Å². The van der Waals surface area contributed by atoms with E-state index in [4.69, 9.17) is 4.74 Å². The molecule has 24 heavy (non-hydrogen) atoms. The van der Waals surface area contributed by atoms with Crippen molar-refractivity contribution in [2.45, 2.75) is 19.9 Å². The number of aromatic amines is 1. The van der Waals surface area contributed by atoms with Gasteiger partial charge in [-0.1, -0.05) is 12.1 Å². The average Bonchev–Trinajstić information content (AvgIpc) is 3.21. The third-order valence-electron chi connectivity index (χ3n) is 4.26. The summed E-state index contributed by atoms with van der Waals surface area (Å²) < 4.78 is 7.36. The number of fused-ring (bicyclic) bond motifs is 3. The average molecular weight is 322 g/mol. The van der Waals surface area contributed by atoms with Gasteiger partial charge in [0.1, 0.15) is 0 Å². The molecule has 1 aliphatic rings. The maximum absolute atomic E-state index is 12.6. The van der Waals surface area contributed by atoms with Crippen LogP contribution in [0.25, 0.3) is 11.0 Å². The summed E-state index contributed by atoms with van der Waals surface area (Å²) in [6.07, 6.45) is 3.76. The molecule has 6 heteroatoms. The number of esters is 1. The predicted octanol–water partition coefficient (Wildman–Crippen LogP) is 3.22. The Morgan fingerprint density at radius 1 is 1.33 bits per heavy atom. The van der Waals surface area contributed by atoms with Gasteiger partial charge in [0, 0.05) is 18.1 Å². The van der Waals surface area contributed by atoms with Crippen LogP contribution in [0.3, 0.4) is 0 Å². The number of para-hydroxylation sites is 2. The Hall–Kier alpha value is -3.02. The minimum atomic E-state index is -0.308. The fraction of sp³-hybridized carbons (Fsp3) is 0.222. The van der Waals surface area contributed by atoms with Gasteiger partial charge in [0.25, 0.3) is 0 Å². The smallest absolute Gasteiger partial charge is 0.338 e. The van der Waals surface area contributed by atoms with E-state index < -0.39 is 0 Å². The summed E-state index contributed by atoms with van der Waals surface area (Å²) in [6, 6.07) is 9.60. The summed E-state index contributed by atoms with van der Waals surface area (Å²) >= 11 is 0. The quantitative estimate of drug-likeness (QED) is 0.726. The number of hydrogen-bond acceptors (Lipinski definition) is 4. The molecule has 0 spiro atoms. The van der Waals surface area contributed by atoms with Crippen LogP contribution in [0.15, 0.2) is 54.0 Å². The summed E-state index contributed by atoms with van der Waals surface area (Å²) in [7, 11) is 0. The molecule has 6 nitrogen and oxygen atoms in total. The van der Waals surface area contributed by atoms with Gasteiger partial charge in [0.15, 0.2) is 0 Å². The van der Waals surface area contributed by atoms with Gasteiger partial charge in [-0.2, -0.15) is 0 Å². The molecule has 1 atom stereocenters. The zero-order chi connectivity index (χ0) is 16.7. The number of ether oxygens (including phenoxy) is 1. The SMILES string of the molecule is CCOC(=O)C1=C(C)Nc2nc3ccccc3n2C1c1cc[nH]c1. The molecule has 0 radical (unpaired) electrons. The van der Waals surface area contributed by atoms with Crippen LogP contribution in [0.5, 0.6) is 0 Å². The largest absolute Gasteiger partial charge is 0.463 e. The highest BCUT2D eigenvalue weighted by Gasteiger charge is 2.34. The van der Waals surface area contributed by atoms with E-state index in [1.165, 1.54) is 0 Å². The molecule has 2 N–H and O–H groups in total. The van der Waals surface area contributed by atoms with E-state index in [0.29, 0.717) is 12.2 Å². The van der Waals surface area contributed by atoms with E-state index in [1.54, 1.807) is 0 Å². The molecule has 0 saturated heterocycles. The van der Waals surface area contributed by atoms with Crippen molar-refractivity contribution in [3.63, 3.8) is 0 Å². The zero-order valence-corrected chi connectivity index (χ0v) is 13.5. The van der Waals surface area contributed by atoms with Gasteiger partial charge in [-0.05, 0) is 37.6 Å². The fourth-order valence-corrected chi connectivity index (χ4v) is 3.26. The number of nitrogens with one attached hydrogen (secondary N) is 2. The molecule has 1 aromatic carbocycles. The molecule has 0 bridgehead atoms. The second-order valence-electron chi connectivity index (χ2n) is 5.73. The number of aromatic nitrogens is 3. The first-order valence-electron chi connectivity index (χ1n) is 7.95. The number of hydrogen-bond donors (Lipinski definition) is 2. The molecule has 1 aliphatic heterocycles. The zero-order valence-electron chi connectivity index (χ0n) is 13.5. The molecule has 1 unspecified atom stereocenters. The Morgan fingerprint density at radius 2 is 2.17 bits per heavy atom. The van der Waals surface area contributed by atoms with Gasteiger partial charge in [-0.25, -0.2) is 9.78 Å². The van der Waals surface area contributed by atoms with Crippen molar-refractivity contribution in [3.05, 3.63) is 59.6 Å². The summed E-state index contributed by atoms with van der Waals surface area (Å²) in [6.45, 7) is 4.04. The number of benzene rings is 1.